The third-order valence-electron chi connectivity index (χ3n) is 2.88. The molecule has 1 saturated carbocycles. The normalized spacial score (nSPS) is 17.4. The zero-order valence-electron chi connectivity index (χ0n) is 8.32. The molecule has 0 amide bonds. The quantitative estimate of drug-likeness (QED) is 0.852. The second-order valence-electron chi connectivity index (χ2n) is 4.09. The van der Waals surface area contributed by atoms with Crippen molar-refractivity contribution in [2.75, 3.05) is 0 Å². The van der Waals surface area contributed by atoms with Crippen LogP contribution in [-0.4, -0.2) is 11.1 Å². The van der Waals surface area contributed by atoms with Gasteiger partial charge in [-0.2, -0.15) is 0 Å². The molecule has 1 aromatic carbocycles. The molecule has 0 saturated heterocycles. The Hall–Kier alpha value is -1.02. The summed E-state index contributed by atoms with van der Waals surface area (Å²) >= 11 is 5.80. The van der Waals surface area contributed by atoms with Gasteiger partial charge in [-0.15, -0.1) is 0 Å². The average Bonchev–Trinajstić information content (AvgIpc) is 2.99. The number of rotatable bonds is 4. The van der Waals surface area contributed by atoms with Crippen molar-refractivity contribution < 1.29 is 9.90 Å². The zero-order valence-corrected chi connectivity index (χ0v) is 9.07. The van der Waals surface area contributed by atoms with E-state index >= 15 is 0 Å². The summed E-state index contributed by atoms with van der Waals surface area (Å²) in [6.45, 7) is 0. The molecule has 15 heavy (non-hydrogen) atoms. The number of hydrogen-bond donors (Lipinski definition) is 1. The molecule has 0 aromatic heterocycles. The van der Waals surface area contributed by atoms with Crippen LogP contribution in [0, 0.1) is 5.92 Å². The number of carbonyl (C=O) groups is 1. The van der Waals surface area contributed by atoms with Gasteiger partial charge in [0, 0.05) is 5.02 Å². The largest absolute Gasteiger partial charge is 0.481 e. The molecule has 0 spiro atoms. The van der Waals surface area contributed by atoms with Crippen molar-refractivity contribution in [3.63, 3.8) is 0 Å². The van der Waals surface area contributed by atoms with Crippen LogP contribution in [0.5, 0.6) is 0 Å². The number of halogens is 1. The Bertz CT molecular complexity index is 354. The number of carboxylic acids is 1. The molecule has 0 bridgehead atoms. The van der Waals surface area contributed by atoms with Crippen LogP contribution >= 0.6 is 11.6 Å². The van der Waals surface area contributed by atoms with Crippen molar-refractivity contribution in [2.45, 2.75) is 25.2 Å². The average molecular weight is 225 g/mol. The summed E-state index contributed by atoms with van der Waals surface area (Å²) in [5.41, 5.74) is 1.10. The van der Waals surface area contributed by atoms with Gasteiger partial charge in [0.25, 0.3) is 0 Å². The van der Waals surface area contributed by atoms with Crippen molar-refractivity contribution in [1.82, 2.24) is 0 Å². The maximum atomic E-state index is 10.8. The van der Waals surface area contributed by atoms with Crippen molar-refractivity contribution in [3.8, 4) is 0 Å². The van der Waals surface area contributed by atoms with Gasteiger partial charge in [-0.25, -0.2) is 0 Å². The number of benzene rings is 1. The Balaban J connectivity index is 2.16. The van der Waals surface area contributed by atoms with Crippen LogP contribution in [0.3, 0.4) is 0 Å². The maximum absolute atomic E-state index is 10.8. The number of aliphatic carboxylic acids is 1. The summed E-state index contributed by atoms with van der Waals surface area (Å²) in [7, 11) is 0. The molecule has 2 rings (SSSR count). The molecule has 3 heteroatoms. The number of carboxylic acid groups (broad SMARTS) is 1. The molecule has 1 aromatic rings. The molecule has 1 atom stereocenters. The summed E-state index contributed by atoms with van der Waals surface area (Å²) in [6.07, 6.45) is 2.54. The van der Waals surface area contributed by atoms with Crippen LogP contribution in [-0.2, 0) is 4.79 Å². The van der Waals surface area contributed by atoms with Gasteiger partial charge >= 0.3 is 5.97 Å². The molecule has 1 aliphatic rings. The Morgan fingerprint density at radius 1 is 1.40 bits per heavy atom. The fraction of sp³-hybridized carbons (Fsp3) is 0.417. The zero-order chi connectivity index (χ0) is 10.8. The van der Waals surface area contributed by atoms with Gasteiger partial charge < -0.3 is 5.11 Å². The van der Waals surface area contributed by atoms with E-state index in [0.29, 0.717) is 10.9 Å². The van der Waals surface area contributed by atoms with E-state index in [-0.39, 0.29) is 12.3 Å². The smallest absolute Gasteiger partial charge is 0.303 e. The first-order valence-corrected chi connectivity index (χ1v) is 5.52. The molecule has 0 unspecified atom stereocenters. The molecular formula is C12H13ClO2. The van der Waals surface area contributed by atoms with Gasteiger partial charge in [0.05, 0.1) is 6.42 Å². The van der Waals surface area contributed by atoms with E-state index in [1.807, 2.05) is 24.3 Å². The van der Waals surface area contributed by atoms with Crippen molar-refractivity contribution >= 4 is 17.6 Å². The lowest BCUT2D eigenvalue weighted by Gasteiger charge is -2.14. The van der Waals surface area contributed by atoms with Gasteiger partial charge in [-0.3, -0.25) is 4.79 Å². The molecular weight excluding hydrogens is 212 g/mol. The Labute approximate surface area is 93.9 Å². The predicted octanol–water partition coefficient (Wildman–Crippen LogP) is 3.31. The molecule has 2 nitrogen and oxygen atoms in total. The third kappa shape index (κ3) is 2.72. The van der Waals surface area contributed by atoms with Gasteiger partial charge in [0.1, 0.15) is 0 Å². The van der Waals surface area contributed by atoms with E-state index in [9.17, 15) is 4.79 Å². The van der Waals surface area contributed by atoms with E-state index in [4.69, 9.17) is 16.7 Å². The maximum Gasteiger partial charge on any atom is 0.303 e. The van der Waals surface area contributed by atoms with Crippen LogP contribution in [0.1, 0.15) is 30.7 Å². The molecule has 80 valence electrons. The highest BCUT2D eigenvalue weighted by atomic mass is 35.5. The predicted molar refractivity (Wildman–Crippen MR) is 59.2 cm³/mol. The van der Waals surface area contributed by atoms with Gasteiger partial charge in [0.15, 0.2) is 0 Å². The highest BCUT2D eigenvalue weighted by molar-refractivity contribution is 6.30. The van der Waals surface area contributed by atoms with Crippen LogP contribution in [0.15, 0.2) is 24.3 Å². The van der Waals surface area contributed by atoms with E-state index in [2.05, 4.69) is 0 Å². The third-order valence-corrected chi connectivity index (χ3v) is 3.14. The molecule has 1 fully saturated rings. The summed E-state index contributed by atoms with van der Waals surface area (Å²) < 4.78 is 0. The van der Waals surface area contributed by atoms with Crippen molar-refractivity contribution in [2.24, 2.45) is 5.92 Å². The fourth-order valence-electron chi connectivity index (χ4n) is 1.95. The highest BCUT2D eigenvalue weighted by Crippen LogP contribution is 2.44. The summed E-state index contributed by atoms with van der Waals surface area (Å²) in [5, 5.41) is 9.55. The first-order valence-electron chi connectivity index (χ1n) is 5.14. The van der Waals surface area contributed by atoms with Crippen LogP contribution in [0.25, 0.3) is 0 Å². The summed E-state index contributed by atoms with van der Waals surface area (Å²) in [6, 6.07) is 7.53. The van der Waals surface area contributed by atoms with Crippen LogP contribution in [0.4, 0.5) is 0 Å². The minimum Gasteiger partial charge on any atom is -0.481 e. The summed E-state index contributed by atoms with van der Waals surface area (Å²) in [5.74, 6) is 0.00360. The minimum atomic E-state index is -0.721. The van der Waals surface area contributed by atoms with Gasteiger partial charge in [-0.1, -0.05) is 23.7 Å². The molecule has 0 heterocycles. The minimum absolute atomic E-state index is 0.166. The summed E-state index contributed by atoms with van der Waals surface area (Å²) in [4.78, 5) is 10.8. The SMILES string of the molecule is O=C(O)C[C@@H](c1ccc(Cl)cc1)C1CC1. The molecule has 1 N–H and O–H groups in total. The Morgan fingerprint density at radius 3 is 2.47 bits per heavy atom. The first kappa shape index (κ1) is 10.5. The lowest BCUT2D eigenvalue weighted by molar-refractivity contribution is -0.137. The van der Waals surface area contributed by atoms with Crippen molar-refractivity contribution in [3.05, 3.63) is 34.9 Å². The molecule has 1 aliphatic carbocycles. The van der Waals surface area contributed by atoms with Crippen molar-refractivity contribution in [1.29, 1.82) is 0 Å². The molecule has 0 aliphatic heterocycles. The Kier molecular flexibility index (Phi) is 2.96. The monoisotopic (exact) mass is 224 g/mol. The van der Waals surface area contributed by atoms with E-state index in [0.717, 1.165) is 18.4 Å². The first-order chi connectivity index (χ1) is 7.16. The number of hydrogen-bond acceptors (Lipinski definition) is 1. The topological polar surface area (TPSA) is 37.3 Å². The second-order valence-corrected chi connectivity index (χ2v) is 4.53. The van der Waals surface area contributed by atoms with Crippen LogP contribution < -0.4 is 0 Å². The standard InChI is InChI=1S/C12H13ClO2/c13-10-5-3-9(4-6-10)11(7-12(14)15)8-1-2-8/h3-6,8,11H,1-2,7H2,(H,14,15)/t11-/m1/s1. The lowest BCUT2D eigenvalue weighted by atomic mass is 9.91. The van der Waals surface area contributed by atoms with Crippen LogP contribution in [0.2, 0.25) is 5.02 Å². The fourth-order valence-corrected chi connectivity index (χ4v) is 2.08. The van der Waals surface area contributed by atoms with E-state index in [1.54, 1.807) is 0 Å². The van der Waals surface area contributed by atoms with Gasteiger partial charge in [0.2, 0.25) is 0 Å². The second kappa shape index (κ2) is 4.23. The van der Waals surface area contributed by atoms with E-state index < -0.39 is 5.97 Å². The highest BCUT2D eigenvalue weighted by Gasteiger charge is 2.33. The molecule has 0 radical (unpaired) electrons. The van der Waals surface area contributed by atoms with E-state index in [1.165, 1.54) is 0 Å². The Morgan fingerprint density at radius 2 is 2.00 bits per heavy atom. The van der Waals surface area contributed by atoms with Gasteiger partial charge in [-0.05, 0) is 42.4 Å². The lowest BCUT2D eigenvalue weighted by Crippen LogP contribution is -2.08.